The molecule has 0 radical (unpaired) electrons. The van der Waals surface area contributed by atoms with E-state index in [4.69, 9.17) is 0 Å². The second kappa shape index (κ2) is 12.0. The average Bonchev–Trinajstić information content (AvgIpc) is 2.80. The van der Waals surface area contributed by atoms with Gasteiger partial charge in [-0.2, -0.15) is 0 Å². The summed E-state index contributed by atoms with van der Waals surface area (Å²) in [7, 11) is 0. The Morgan fingerprint density at radius 2 is 0.905 bits per heavy atom. The van der Waals surface area contributed by atoms with Crippen LogP contribution in [0.2, 0.25) is 0 Å². The molecule has 0 aliphatic heterocycles. The van der Waals surface area contributed by atoms with E-state index in [1.165, 1.54) is 16.7 Å². The summed E-state index contributed by atoms with van der Waals surface area (Å²) in [5.41, 5.74) is 9.52. The molecule has 3 rings (SSSR count). The van der Waals surface area contributed by atoms with Gasteiger partial charge < -0.3 is 15.3 Å². The predicted molar refractivity (Wildman–Crippen MR) is 179 cm³/mol. The number of aryl methyl sites for hydroxylation is 4. The lowest BCUT2D eigenvalue weighted by Crippen LogP contribution is -2.17. The van der Waals surface area contributed by atoms with Gasteiger partial charge in [0.25, 0.3) is 0 Å². The first-order valence-corrected chi connectivity index (χ1v) is 15.6. The van der Waals surface area contributed by atoms with Crippen LogP contribution in [0.25, 0.3) is 0 Å². The van der Waals surface area contributed by atoms with E-state index in [1.807, 2.05) is 18.2 Å². The van der Waals surface area contributed by atoms with Gasteiger partial charge in [0.2, 0.25) is 0 Å². The molecule has 0 heterocycles. The number of benzene rings is 3. The second-order valence-corrected chi connectivity index (χ2v) is 15.9. The maximum absolute atomic E-state index is 10.9. The lowest BCUT2D eigenvalue weighted by Gasteiger charge is -2.30. The zero-order chi connectivity index (χ0) is 31.9. The highest BCUT2D eigenvalue weighted by Crippen LogP contribution is 2.44. The number of hydrogen-bond acceptors (Lipinski definition) is 3. The standard InChI is InChI=1S/C39H56O3/c1-23(14-15-27-20-31(37(5,6)7)34(40)17-24(27)2)16-30(28-21-32(38(8,9)10)35(41)18-25(28)3)29-22-33(39(11,12)13)36(42)19-26(29)4/h17-23,30,40-42H,14-16H2,1-13H3. The maximum atomic E-state index is 10.9. The third-order valence-corrected chi connectivity index (χ3v) is 8.94. The van der Waals surface area contributed by atoms with E-state index >= 15 is 0 Å². The molecular weight excluding hydrogens is 516 g/mol. The van der Waals surface area contributed by atoms with E-state index in [0.717, 1.165) is 52.6 Å². The minimum Gasteiger partial charge on any atom is -0.508 e. The van der Waals surface area contributed by atoms with Gasteiger partial charge in [-0.15, -0.1) is 0 Å². The monoisotopic (exact) mass is 572 g/mol. The summed E-state index contributed by atoms with van der Waals surface area (Å²) in [6.07, 6.45) is 2.93. The van der Waals surface area contributed by atoms with E-state index in [0.29, 0.717) is 23.2 Å². The average molecular weight is 573 g/mol. The Labute approximate surface area is 256 Å². The molecule has 0 aliphatic rings. The molecule has 3 aromatic carbocycles. The van der Waals surface area contributed by atoms with Crippen LogP contribution in [0.1, 0.15) is 138 Å². The molecule has 230 valence electrons. The number of hydrogen-bond donors (Lipinski definition) is 3. The lowest BCUT2D eigenvalue weighted by atomic mass is 9.75. The van der Waals surface area contributed by atoms with Gasteiger partial charge in [0, 0.05) is 5.92 Å². The molecule has 0 spiro atoms. The molecular formula is C39H56O3. The summed E-state index contributed by atoms with van der Waals surface area (Å²) in [6, 6.07) is 12.4. The molecule has 3 nitrogen and oxygen atoms in total. The lowest BCUT2D eigenvalue weighted by molar-refractivity contribution is 0.439. The SMILES string of the molecule is Cc1cc(O)c(C(C)(C)C)cc1CCC(C)CC(c1cc(C(C)(C)C)c(O)cc1C)c1cc(C(C)(C)C)c(O)cc1C. The zero-order valence-electron chi connectivity index (χ0n) is 28.6. The van der Waals surface area contributed by atoms with Gasteiger partial charge in [-0.25, -0.2) is 0 Å². The largest absolute Gasteiger partial charge is 0.508 e. The van der Waals surface area contributed by atoms with Crippen LogP contribution in [0.4, 0.5) is 0 Å². The van der Waals surface area contributed by atoms with Crippen molar-refractivity contribution >= 4 is 0 Å². The molecule has 0 bridgehead atoms. The van der Waals surface area contributed by atoms with Crippen LogP contribution in [-0.2, 0) is 22.7 Å². The minimum atomic E-state index is -0.190. The summed E-state index contributed by atoms with van der Waals surface area (Å²) in [5, 5.41) is 32.4. The quantitative estimate of drug-likeness (QED) is 0.264. The van der Waals surface area contributed by atoms with E-state index in [1.54, 1.807) is 0 Å². The summed E-state index contributed by atoms with van der Waals surface area (Å²) in [5.74, 6) is 1.62. The van der Waals surface area contributed by atoms with Gasteiger partial charge in [0.15, 0.2) is 0 Å². The Hall–Kier alpha value is -2.94. The molecule has 1 unspecified atom stereocenters. The highest BCUT2D eigenvalue weighted by Gasteiger charge is 2.28. The fraction of sp³-hybridized carbons (Fsp3) is 0.538. The third kappa shape index (κ3) is 7.52. The summed E-state index contributed by atoms with van der Waals surface area (Å²) < 4.78 is 0. The molecule has 3 N–H and O–H groups in total. The number of aromatic hydroxyl groups is 3. The predicted octanol–water partition coefficient (Wildman–Crippen LogP) is 10.4. The molecule has 1 atom stereocenters. The molecule has 0 amide bonds. The van der Waals surface area contributed by atoms with Crippen LogP contribution < -0.4 is 0 Å². The number of phenols is 3. The van der Waals surface area contributed by atoms with Crippen LogP contribution in [0.3, 0.4) is 0 Å². The van der Waals surface area contributed by atoms with Crippen molar-refractivity contribution in [3.63, 3.8) is 0 Å². The van der Waals surface area contributed by atoms with E-state index < -0.39 is 0 Å². The van der Waals surface area contributed by atoms with Crippen molar-refractivity contribution in [3.8, 4) is 17.2 Å². The molecule has 0 saturated carbocycles. The molecule has 3 heteroatoms. The van der Waals surface area contributed by atoms with Crippen LogP contribution in [-0.4, -0.2) is 15.3 Å². The molecule has 0 saturated heterocycles. The molecule has 0 fully saturated rings. The van der Waals surface area contributed by atoms with Gasteiger partial charge >= 0.3 is 0 Å². The van der Waals surface area contributed by atoms with Crippen molar-refractivity contribution in [2.24, 2.45) is 5.92 Å². The van der Waals surface area contributed by atoms with Crippen LogP contribution in [0.5, 0.6) is 17.2 Å². The Morgan fingerprint density at radius 3 is 1.29 bits per heavy atom. The van der Waals surface area contributed by atoms with E-state index in [9.17, 15) is 15.3 Å². The van der Waals surface area contributed by atoms with Gasteiger partial charge in [-0.1, -0.05) is 87.4 Å². The second-order valence-electron chi connectivity index (χ2n) is 15.9. The summed E-state index contributed by atoms with van der Waals surface area (Å²) in [4.78, 5) is 0. The van der Waals surface area contributed by atoms with Crippen LogP contribution in [0.15, 0.2) is 36.4 Å². The van der Waals surface area contributed by atoms with Crippen molar-refractivity contribution < 1.29 is 15.3 Å². The first-order valence-electron chi connectivity index (χ1n) is 15.6. The van der Waals surface area contributed by atoms with Crippen LogP contribution >= 0.6 is 0 Å². The topological polar surface area (TPSA) is 60.7 Å². The van der Waals surface area contributed by atoms with Crippen molar-refractivity contribution in [2.75, 3.05) is 0 Å². The number of phenolic OH excluding ortho intramolecular Hbond substituents is 3. The molecule has 3 aromatic rings. The Morgan fingerprint density at radius 1 is 0.548 bits per heavy atom. The van der Waals surface area contributed by atoms with Gasteiger partial charge in [-0.3, -0.25) is 0 Å². The Balaban J connectivity index is 2.09. The third-order valence-electron chi connectivity index (χ3n) is 8.94. The summed E-state index contributed by atoms with van der Waals surface area (Å²) >= 11 is 0. The first-order chi connectivity index (χ1) is 19.1. The minimum absolute atomic E-state index is 0.119. The first kappa shape index (κ1) is 33.6. The molecule has 0 aromatic heterocycles. The van der Waals surface area contributed by atoms with Gasteiger partial charge in [-0.05, 0) is 130 Å². The Kier molecular flexibility index (Phi) is 9.57. The smallest absolute Gasteiger partial charge is 0.119 e. The maximum Gasteiger partial charge on any atom is 0.119 e. The van der Waals surface area contributed by atoms with E-state index in [2.05, 4.69) is 108 Å². The highest BCUT2D eigenvalue weighted by atomic mass is 16.3. The van der Waals surface area contributed by atoms with Crippen molar-refractivity contribution in [1.82, 2.24) is 0 Å². The molecule has 42 heavy (non-hydrogen) atoms. The normalized spacial score (nSPS) is 13.6. The van der Waals surface area contributed by atoms with Crippen molar-refractivity contribution in [3.05, 3.63) is 86.5 Å². The van der Waals surface area contributed by atoms with Gasteiger partial charge in [0.05, 0.1) is 0 Å². The fourth-order valence-electron chi connectivity index (χ4n) is 6.32. The van der Waals surface area contributed by atoms with Crippen LogP contribution in [0, 0.1) is 26.7 Å². The Bertz CT molecular complexity index is 1350. The number of rotatable bonds is 7. The zero-order valence-corrected chi connectivity index (χ0v) is 28.6. The summed E-state index contributed by atoms with van der Waals surface area (Å²) in [6.45, 7) is 28.0. The van der Waals surface area contributed by atoms with E-state index in [-0.39, 0.29) is 22.2 Å². The molecule has 0 aliphatic carbocycles. The van der Waals surface area contributed by atoms with Crippen molar-refractivity contribution in [1.29, 1.82) is 0 Å². The fourth-order valence-corrected chi connectivity index (χ4v) is 6.32. The van der Waals surface area contributed by atoms with Gasteiger partial charge in [0.1, 0.15) is 17.2 Å². The van der Waals surface area contributed by atoms with Crippen molar-refractivity contribution in [2.45, 2.75) is 131 Å². The highest BCUT2D eigenvalue weighted by molar-refractivity contribution is 5.53.